The summed E-state index contributed by atoms with van der Waals surface area (Å²) in [5.41, 5.74) is 9.46. The molecule has 1 saturated heterocycles. The first kappa shape index (κ1) is 16.7. The van der Waals surface area contributed by atoms with Gasteiger partial charge in [0, 0.05) is 37.2 Å². The maximum absolute atomic E-state index is 11.3. The number of carboxylic acids is 1. The van der Waals surface area contributed by atoms with E-state index < -0.39 is 11.5 Å². The second-order valence-electron chi connectivity index (χ2n) is 6.85. The molecule has 2 aromatic rings. The molecule has 1 atom stereocenters. The van der Waals surface area contributed by atoms with Gasteiger partial charge in [-0.3, -0.25) is 9.69 Å². The van der Waals surface area contributed by atoms with E-state index in [1.165, 1.54) is 11.1 Å². The van der Waals surface area contributed by atoms with Crippen molar-refractivity contribution in [2.24, 2.45) is 5.73 Å². The quantitative estimate of drug-likeness (QED) is 0.894. The van der Waals surface area contributed by atoms with Crippen molar-refractivity contribution in [2.45, 2.75) is 39.3 Å². The van der Waals surface area contributed by atoms with Gasteiger partial charge in [-0.1, -0.05) is 0 Å². The molecule has 0 bridgehead atoms. The largest absolute Gasteiger partial charge is 0.480 e. The van der Waals surface area contributed by atoms with Crippen molar-refractivity contribution in [3.05, 3.63) is 46.9 Å². The molecule has 1 aliphatic rings. The topological polar surface area (TPSA) is 84.4 Å². The van der Waals surface area contributed by atoms with Gasteiger partial charge in [0.15, 0.2) is 0 Å². The summed E-state index contributed by atoms with van der Waals surface area (Å²) in [6.07, 6.45) is 2.31. The van der Waals surface area contributed by atoms with Gasteiger partial charge in [0.2, 0.25) is 0 Å². The molecule has 0 unspecified atom stereocenters. The lowest BCUT2D eigenvalue weighted by Crippen LogP contribution is -2.50. The average molecular weight is 328 g/mol. The second kappa shape index (κ2) is 6.03. The van der Waals surface area contributed by atoms with Crippen LogP contribution in [0.1, 0.15) is 28.9 Å². The van der Waals surface area contributed by atoms with E-state index in [-0.39, 0.29) is 0 Å². The molecule has 128 valence electrons. The van der Waals surface area contributed by atoms with E-state index in [2.05, 4.69) is 47.4 Å². The first-order valence-corrected chi connectivity index (χ1v) is 8.16. The number of likely N-dealkylation sites (tertiary alicyclic amines) is 1. The van der Waals surface area contributed by atoms with Crippen molar-refractivity contribution in [1.29, 1.82) is 0 Å². The van der Waals surface area contributed by atoms with Crippen molar-refractivity contribution in [2.75, 3.05) is 13.1 Å². The zero-order valence-electron chi connectivity index (χ0n) is 14.4. The summed E-state index contributed by atoms with van der Waals surface area (Å²) in [5.74, 6) is -0.00388. The predicted molar refractivity (Wildman–Crippen MR) is 92.2 cm³/mol. The predicted octanol–water partition coefficient (Wildman–Crippen LogP) is 1.79. The molecule has 0 aromatic carbocycles. The van der Waals surface area contributed by atoms with Crippen LogP contribution in [-0.4, -0.2) is 44.2 Å². The van der Waals surface area contributed by atoms with Gasteiger partial charge in [-0.2, -0.15) is 0 Å². The van der Waals surface area contributed by atoms with Crippen LogP contribution in [0.25, 0.3) is 5.82 Å². The van der Waals surface area contributed by atoms with E-state index >= 15 is 0 Å². The number of aryl methyl sites for hydroxylation is 2. The van der Waals surface area contributed by atoms with E-state index in [0.717, 1.165) is 17.2 Å². The van der Waals surface area contributed by atoms with E-state index in [1.807, 2.05) is 12.3 Å². The summed E-state index contributed by atoms with van der Waals surface area (Å²) in [6, 6.07) is 6.20. The van der Waals surface area contributed by atoms with Gasteiger partial charge in [0.1, 0.15) is 11.4 Å². The van der Waals surface area contributed by atoms with Crippen molar-refractivity contribution in [1.82, 2.24) is 14.5 Å². The number of aliphatic carboxylic acids is 1. The lowest BCUT2D eigenvalue weighted by Gasteiger charge is -2.20. The first-order valence-electron chi connectivity index (χ1n) is 8.16. The Morgan fingerprint density at radius 1 is 1.38 bits per heavy atom. The standard InChI is InChI=1S/C18H24N4O2/c1-12-4-6-20-16(8-12)22-13(2)9-15(14(22)3)10-21-7-5-18(19,11-21)17(23)24/h4,6,8-9H,5,7,10-11,19H2,1-3H3,(H,23,24)/t18-/m0/s1. The van der Waals surface area contributed by atoms with Crippen molar-refractivity contribution < 1.29 is 9.90 Å². The van der Waals surface area contributed by atoms with Crippen molar-refractivity contribution >= 4 is 5.97 Å². The molecule has 0 radical (unpaired) electrons. The van der Waals surface area contributed by atoms with Crippen LogP contribution in [0.3, 0.4) is 0 Å². The minimum atomic E-state index is -1.12. The molecule has 3 rings (SSSR count). The van der Waals surface area contributed by atoms with Gasteiger partial charge in [-0.15, -0.1) is 0 Å². The van der Waals surface area contributed by atoms with Crippen LogP contribution in [0, 0.1) is 20.8 Å². The number of nitrogens with zero attached hydrogens (tertiary/aromatic N) is 3. The molecule has 3 N–H and O–H groups in total. The van der Waals surface area contributed by atoms with Crippen LogP contribution in [0.5, 0.6) is 0 Å². The van der Waals surface area contributed by atoms with Crippen LogP contribution in [0.4, 0.5) is 0 Å². The van der Waals surface area contributed by atoms with E-state index in [1.54, 1.807) is 0 Å². The lowest BCUT2D eigenvalue weighted by atomic mass is 10.0. The number of hydrogen-bond acceptors (Lipinski definition) is 4. The summed E-state index contributed by atoms with van der Waals surface area (Å²) >= 11 is 0. The normalized spacial score (nSPS) is 21.3. The molecular weight excluding hydrogens is 304 g/mol. The average Bonchev–Trinajstić information content (AvgIpc) is 3.01. The van der Waals surface area contributed by atoms with E-state index in [4.69, 9.17) is 5.73 Å². The van der Waals surface area contributed by atoms with Gasteiger partial charge in [-0.05, 0) is 56.5 Å². The highest BCUT2D eigenvalue weighted by atomic mass is 16.4. The maximum Gasteiger partial charge on any atom is 0.325 e. The van der Waals surface area contributed by atoms with Crippen molar-refractivity contribution in [3.8, 4) is 5.82 Å². The first-order chi connectivity index (χ1) is 11.3. The van der Waals surface area contributed by atoms with Gasteiger partial charge >= 0.3 is 5.97 Å². The Bertz CT molecular complexity index is 783. The summed E-state index contributed by atoms with van der Waals surface area (Å²) in [7, 11) is 0. The fourth-order valence-electron chi connectivity index (χ4n) is 3.45. The molecule has 1 aliphatic heterocycles. The highest BCUT2D eigenvalue weighted by molar-refractivity contribution is 5.79. The maximum atomic E-state index is 11.3. The highest BCUT2D eigenvalue weighted by Gasteiger charge is 2.41. The molecule has 6 heteroatoms. The van der Waals surface area contributed by atoms with Gasteiger partial charge in [0.25, 0.3) is 0 Å². The molecule has 1 fully saturated rings. The number of aromatic nitrogens is 2. The monoisotopic (exact) mass is 328 g/mol. The Kier molecular flexibility index (Phi) is 4.19. The fraction of sp³-hybridized carbons (Fsp3) is 0.444. The zero-order valence-corrected chi connectivity index (χ0v) is 14.4. The number of carbonyl (C=O) groups is 1. The van der Waals surface area contributed by atoms with Crippen LogP contribution in [0.2, 0.25) is 0 Å². The van der Waals surface area contributed by atoms with Crippen LogP contribution in [0.15, 0.2) is 24.4 Å². The Balaban J connectivity index is 1.84. The third kappa shape index (κ3) is 2.95. The molecule has 6 nitrogen and oxygen atoms in total. The lowest BCUT2D eigenvalue weighted by molar-refractivity contribution is -0.142. The Morgan fingerprint density at radius 3 is 2.75 bits per heavy atom. The summed E-state index contributed by atoms with van der Waals surface area (Å²) in [6.45, 7) is 7.99. The number of nitrogens with two attached hydrogens (primary N) is 1. The molecule has 0 spiro atoms. The second-order valence-corrected chi connectivity index (χ2v) is 6.85. The minimum absolute atomic E-state index is 0.384. The van der Waals surface area contributed by atoms with E-state index in [9.17, 15) is 9.90 Å². The number of pyridine rings is 1. The molecule has 2 aromatic heterocycles. The third-order valence-electron chi connectivity index (χ3n) is 4.87. The summed E-state index contributed by atoms with van der Waals surface area (Å²) in [5, 5.41) is 9.27. The molecular formula is C18H24N4O2. The molecule has 0 aliphatic carbocycles. The Morgan fingerprint density at radius 2 is 2.12 bits per heavy atom. The SMILES string of the molecule is Cc1ccnc(-n2c(C)cc(CN3CC[C@@](N)(C(=O)O)C3)c2C)c1. The smallest absolute Gasteiger partial charge is 0.325 e. The zero-order chi connectivity index (χ0) is 17.5. The Hall–Kier alpha value is -2.18. The summed E-state index contributed by atoms with van der Waals surface area (Å²) < 4.78 is 2.14. The van der Waals surface area contributed by atoms with Crippen LogP contribution >= 0.6 is 0 Å². The fourth-order valence-corrected chi connectivity index (χ4v) is 3.45. The van der Waals surface area contributed by atoms with Gasteiger partial charge in [-0.25, -0.2) is 4.98 Å². The molecule has 3 heterocycles. The van der Waals surface area contributed by atoms with Crippen LogP contribution in [-0.2, 0) is 11.3 Å². The van der Waals surface area contributed by atoms with Crippen LogP contribution < -0.4 is 5.73 Å². The van der Waals surface area contributed by atoms with E-state index in [0.29, 0.717) is 26.1 Å². The number of rotatable bonds is 4. The molecule has 0 amide bonds. The van der Waals surface area contributed by atoms with Crippen molar-refractivity contribution in [3.63, 3.8) is 0 Å². The number of carboxylic acid groups (broad SMARTS) is 1. The minimum Gasteiger partial charge on any atom is -0.480 e. The molecule has 0 saturated carbocycles. The Labute approximate surface area is 141 Å². The summed E-state index contributed by atoms with van der Waals surface area (Å²) in [4.78, 5) is 17.9. The van der Waals surface area contributed by atoms with Gasteiger partial charge < -0.3 is 15.4 Å². The third-order valence-corrected chi connectivity index (χ3v) is 4.87. The number of hydrogen-bond donors (Lipinski definition) is 2. The molecule has 24 heavy (non-hydrogen) atoms. The van der Waals surface area contributed by atoms with Gasteiger partial charge in [0.05, 0.1) is 0 Å². The highest BCUT2D eigenvalue weighted by Crippen LogP contribution is 2.25.